The number of hydrogen-bond acceptors (Lipinski definition) is 4. The highest BCUT2D eigenvalue weighted by Crippen LogP contribution is 2.34. The molecule has 4 rings (SSSR count). The van der Waals surface area contributed by atoms with Gasteiger partial charge in [-0.05, 0) is 49.8 Å². The predicted octanol–water partition coefficient (Wildman–Crippen LogP) is 4.95. The van der Waals surface area contributed by atoms with Crippen molar-refractivity contribution < 1.29 is 9.53 Å². The first-order chi connectivity index (χ1) is 12.7. The van der Waals surface area contributed by atoms with Gasteiger partial charge in [-0.25, -0.2) is 4.98 Å². The maximum Gasteiger partial charge on any atom is 0.231 e. The average Bonchev–Trinajstić information content (AvgIpc) is 3.34. The van der Waals surface area contributed by atoms with E-state index < -0.39 is 0 Å². The second-order valence-electron chi connectivity index (χ2n) is 7.57. The van der Waals surface area contributed by atoms with Crippen molar-refractivity contribution in [3.8, 4) is 0 Å². The van der Waals surface area contributed by atoms with Crippen molar-refractivity contribution in [1.29, 1.82) is 0 Å². The molecule has 0 spiro atoms. The number of carbonyl (C=O) groups is 1. The zero-order chi connectivity index (χ0) is 17.9. The van der Waals surface area contributed by atoms with Gasteiger partial charge >= 0.3 is 0 Å². The summed E-state index contributed by atoms with van der Waals surface area (Å²) in [5.74, 6) is 0.415. The highest BCUT2D eigenvalue weighted by Gasteiger charge is 2.31. The highest BCUT2D eigenvalue weighted by atomic mass is 32.1. The molecule has 2 fully saturated rings. The molecular weight excluding hydrogens is 344 g/mol. The van der Waals surface area contributed by atoms with Crippen LogP contribution in [0, 0.1) is 5.92 Å². The lowest BCUT2D eigenvalue weighted by atomic mass is 9.88. The van der Waals surface area contributed by atoms with Crippen LogP contribution < -0.4 is 4.90 Å². The first-order valence-corrected chi connectivity index (χ1v) is 10.9. The van der Waals surface area contributed by atoms with E-state index in [1.165, 1.54) is 29.5 Å². The minimum Gasteiger partial charge on any atom is -0.376 e. The van der Waals surface area contributed by atoms with E-state index in [-0.39, 0.29) is 17.9 Å². The van der Waals surface area contributed by atoms with Crippen LogP contribution in [-0.2, 0) is 16.0 Å². The average molecular weight is 373 g/mol. The van der Waals surface area contributed by atoms with Crippen LogP contribution >= 0.6 is 11.3 Å². The Morgan fingerprint density at radius 1 is 1.23 bits per heavy atom. The standard InChI is InChI=1S/C21H28N2O2S/c1-2-15-10-11-18-19(13-15)26-21(22-18)23(14-17-9-6-12-25-17)20(24)16-7-4-3-5-8-16/h10-11,13,16-17H,2-9,12,14H2,1H3. The molecule has 1 amide bonds. The molecular formula is C21H28N2O2S. The lowest BCUT2D eigenvalue weighted by molar-refractivity contribution is -0.123. The van der Waals surface area contributed by atoms with Gasteiger partial charge in [-0.2, -0.15) is 0 Å². The number of aryl methyl sites for hydroxylation is 1. The number of aromatic nitrogens is 1. The lowest BCUT2D eigenvalue weighted by Gasteiger charge is -2.29. The number of nitrogens with zero attached hydrogens (tertiary/aromatic N) is 2. The first-order valence-electron chi connectivity index (χ1n) is 10.1. The Bertz CT molecular complexity index is 760. The molecule has 0 N–H and O–H groups in total. The summed E-state index contributed by atoms with van der Waals surface area (Å²) in [4.78, 5) is 20.1. The van der Waals surface area contributed by atoms with Crippen LogP contribution in [0.2, 0.25) is 0 Å². The van der Waals surface area contributed by atoms with Gasteiger partial charge in [0.2, 0.25) is 5.91 Å². The first kappa shape index (κ1) is 17.9. The molecule has 1 unspecified atom stereocenters. The van der Waals surface area contributed by atoms with Crippen LogP contribution in [0.15, 0.2) is 18.2 Å². The van der Waals surface area contributed by atoms with Crippen molar-refractivity contribution in [2.75, 3.05) is 18.1 Å². The van der Waals surface area contributed by atoms with E-state index in [2.05, 4.69) is 25.1 Å². The molecule has 0 radical (unpaired) electrons. The van der Waals surface area contributed by atoms with E-state index in [0.29, 0.717) is 6.54 Å². The minimum atomic E-state index is 0.153. The van der Waals surface area contributed by atoms with Gasteiger partial charge < -0.3 is 4.74 Å². The van der Waals surface area contributed by atoms with Crippen LogP contribution in [0.5, 0.6) is 0 Å². The summed E-state index contributed by atoms with van der Waals surface area (Å²) < 4.78 is 7.01. The van der Waals surface area contributed by atoms with Gasteiger partial charge in [-0.1, -0.05) is 43.6 Å². The van der Waals surface area contributed by atoms with E-state index >= 15 is 0 Å². The van der Waals surface area contributed by atoms with Gasteiger partial charge in [0.25, 0.3) is 0 Å². The number of fused-ring (bicyclic) bond motifs is 1. The Labute approximate surface area is 159 Å². The number of hydrogen-bond donors (Lipinski definition) is 0. The molecule has 1 atom stereocenters. The van der Waals surface area contributed by atoms with Crippen LogP contribution in [0.1, 0.15) is 57.4 Å². The predicted molar refractivity (Wildman–Crippen MR) is 107 cm³/mol. The number of anilines is 1. The molecule has 0 bridgehead atoms. The Hall–Kier alpha value is -1.46. The summed E-state index contributed by atoms with van der Waals surface area (Å²) in [6, 6.07) is 6.44. The molecule has 1 aliphatic heterocycles. The Kier molecular flexibility index (Phi) is 5.55. The largest absolute Gasteiger partial charge is 0.376 e. The summed E-state index contributed by atoms with van der Waals surface area (Å²) in [6.45, 7) is 3.63. The number of amides is 1. The summed E-state index contributed by atoms with van der Waals surface area (Å²) in [6.07, 6.45) is 8.95. The lowest BCUT2D eigenvalue weighted by Crippen LogP contribution is -2.41. The third-order valence-corrected chi connectivity index (χ3v) is 6.75. The number of benzene rings is 1. The Morgan fingerprint density at radius 3 is 2.81 bits per heavy atom. The maximum atomic E-state index is 13.3. The van der Waals surface area contributed by atoms with Crippen LogP contribution in [0.4, 0.5) is 5.13 Å². The summed E-state index contributed by atoms with van der Waals surface area (Å²) in [5, 5.41) is 0.847. The molecule has 1 aliphatic carbocycles. The van der Waals surface area contributed by atoms with Crippen molar-refractivity contribution >= 4 is 32.6 Å². The summed E-state index contributed by atoms with van der Waals surface area (Å²) in [7, 11) is 0. The van der Waals surface area contributed by atoms with Gasteiger partial charge in [0.15, 0.2) is 5.13 Å². The van der Waals surface area contributed by atoms with Crippen molar-refractivity contribution in [2.45, 2.75) is 64.4 Å². The molecule has 2 aromatic rings. The van der Waals surface area contributed by atoms with Gasteiger partial charge in [-0.3, -0.25) is 9.69 Å². The summed E-state index contributed by atoms with van der Waals surface area (Å²) in [5.41, 5.74) is 2.31. The highest BCUT2D eigenvalue weighted by molar-refractivity contribution is 7.22. The topological polar surface area (TPSA) is 42.4 Å². The minimum absolute atomic E-state index is 0.153. The molecule has 5 heteroatoms. The van der Waals surface area contributed by atoms with Gasteiger partial charge in [-0.15, -0.1) is 0 Å². The van der Waals surface area contributed by atoms with Crippen LogP contribution in [0.3, 0.4) is 0 Å². The molecule has 1 aromatic carbocycles. The van der Waals surface area contributed by atoms with Gasteiger partial charge in [0.1, 0.15) is 0 Å². The fourth-order valence-corrected chi connectivity index (χ4v) is 5.16. The third kappa shape index (κ3) is 3.79. The van der Waals surface area contributed by atoms with Crippen LogP contribution in [-0.4, -0.2) is 30.1 Å². The zero-order valence-electron chi connectivity index (χ0n) is 15.6. The molecule has 1 saturated carbocycles. The normalized spacial score (nSPS) is 21.3. The van der Waals surface area contributed by atoms with Crippen molar-refractivity contribution in [3.05, 3.63) is 23.8 Å². The molecule has 4 nitrogen and oxygen atoms in total. The number of carbonyl (C=O) groups excluding carboxylic acids is 1. The van der Waals surface area contributed by atoms with Crippen molar-refractivity contribution in [1.82, 2.24) is 4.98 Å². The molecule has 1 aromatic heterocycles. The molecule has 1 saturated heterocycles. The second-order valence-corrected chi connectivity index (χ2v) is 8.58. The SMILES string of the molecule is CCc1ccc2nc(N(CC3CCCO3)C(=O)C3CCCCC3)sc2c1. The smallest absolute Gasteiger partial charge is 0.231 e. The quantitative estimate of drug-likeness (QED) is 0.746. The molecule has 140 valence electrons. The van der Waals surface area contributed by atoms with E-state index in [4.69, 9.17) is 9.72 Å². The van der Waals surface area contributed by atoms with Crippen molar-refractivity contribution in [2.24, 2.45) is 5.92 Å². The van der Waals surface area contributed by atoms with Crippen molar-refractivity contribution in [3.63, 3.8) is 0 Å². The van der Waals surface area contributed by atoms with Gasteiger partial charge in [0.05, 0.1) is 22.9 Å². The fourth-order valence-electron chi connectivity index (χ4n) is 4.12. The maximum absolute atomic E-state index is 13.3. The Balaban J connectivity index is 1.63. The van der Waals surface area contributed by atoms with E-state index in [1.54, 1.807) is 11.3 Å². The monoisotopic (exact) mass is 372 g/mol. The molecule has 26 heavy (non-hydrogen) atoms. The van der Waals surface area contributed by atoms with Crippen LogP contribution in [0.25, 0.3) is 10.2 Å². The third-order valence-electron chi connectivity index (χ3n) is 5.71. The van der Waals surface area contributed by atoms with E-state index in [9.17, 15) is 4.79 Å². The van der Waals surface area contributed by atoms with E-state index in [1.807, 2.05) is 4.90 Å². The van der Waals surface area contributed by atoms with E-state index in [0.717, 1.165) is 49.4 Å². The zero-order valence-corrected chi connectivity index (χ0v) is 16.4. The Morgan fingerprint density at radius 2 is 2.08 bits per heavy atom. The number of thiazole rings is 1. The fraction of sp³-hybridized carbons (Fsp3) is 0.619. The molecule has 2 heterocycles. The van der Waals surface area contributed by atoms with Gasteiger partial charge in [0, 0.05) is 12.5 Å². The second kappa shape index (κ2) is 8.05. The number of ether oxygens (including phenoxy) is 1. The number of rotatable bonds is 5. The summed E-state index contributed by atoms with van der Waals surface area (Å²) >= 11 is 1.65. The molecule has 2 aliphatic rings.